The second kappa shape index (κ2) is 4.70. The molecule has 0 saturated heterocycles. The van der Waals surface area contributed by atoms with Gasteiger partial charge in [-0.2, -0.15) is 12.6 Å². The van der Waals surface area contributed by atoms with E-state index in [4.69, 9.17) is 0 Å². The summed E-state index contributed by atoms with van der Waals surface area (Å²) in [5, 5.41) is 1.86. The van der Waals surface area contributed by atoms with Crippen LogP contribution in [0.2, 0.25) is 0 Å². The van der Waals surface area contributed by atoms with Gasteiger partial charge in [0, 0.05) is 5.41 Å². The van der Waals surface area contributed by atoms with Crippen LogP contribution >= 0.6 is 12.6 Å². The Morgan fingerprint density at radius 3 is 2.29 bits per heavy atom. The van der Waals surface area contributed by atoms with Crippen LogP contribution in [0.15, 0.2) is 46.9 Å². The van der Waals surface area contributed by atoms with Gasteiger partial charge in [-0.3, -0.25) is 0 Å². The molecule has 1 rings (SSSR count). The third-order valence-corrected chi connectivity index (χ3v) is 2.56. The normalized spacial score (nSPS) is 25.7. The predicted molar refractivity (Wildman–Crippen MR) is 67.5 cm³/mol. The van der Waals surface area contributed by atoms with Gasteiger partial charge in [0.15, 0.2) is 0 Å². The summed E-state index contributed by atoms with van der Waals surface area (Å²) in [6, 6.07) is 0. The molecule has 0 saturated carbocycles. The van der Waals surface area contributed by atoms with Crippen LogP contribution in [0.4, 0.5) is 0 Å². The van der Waals surface area contributed by atoms with Crippen molar-refractivity contribution in [1.82, 2.24) is 0 Å². The minimum absolute atomic E-state index is 0.144. The molecule has 14 heavy (non-hydrogen) atoms. The molecule has 0 aliphatic heterocycles. The van der Waals surface area contributed by atoms with E-state index < -0.39 is 0 Å². The van der Waals surface area contributed by atoms with Crippen LogP contribution in [0.5, 0.6) is 0 Å². The van der Waals surface area contributed by atoms with Crippen molar-refractivity contribution in [2.45, 2.75) is 27.2 Å². The fourth-order valence-electron chi connectivity index (χ4n) is 1.38. The first-order valence-corrected chi connectivity index (χ1v) is 5.54. The van der Waals surface area contributed by atoms with Gasteiger partial charge >= 0.3 is 0 Å². The quantitative estimate of drug-likeness (QED) is 0.608. The average Bonchev–Trinajstić information content (AvgIpc) is 2.27. The molecule has 1 heteroatoms. The molecule has 0 atom stereocenters. The number of thiol groups is 1. The SMILES string of the molecule is CC/C=C1/C=CC(C)(C)C=C/C1=C/S. The molecule has 0 radical (unpaired) electrons. The molecule has 0 aromatic carbocycles. The van der Waals surface area contributed by atoms with Crippen LogP contribution in [0.1, 0.15) is 27.2 Å². The lowest BCUT2D eigenvalue weighted by atomic mass is 9.93. The van der Waals surface area contributed by atoms with Crippen molar-refractivity contribution in [3.05, 3.63) is 46.9 Å². The summed E-state index contributed by atoms with van der Waals surface area (Å²) in [4.78, 5) is 0. The maximum absolute atomic E-state index is 4.23. The van der Waals surface area contributed by atoms with E-state index in [1.54, 1.807) is 0 Å². The van der Waals surface area contributed by atoms with Crippen molar-refractivity contribution >= 4 is 12.6 Å². The van der Waals surface area contributed by atoms with E-state index in [0.717, 1.165) is 6.42 Å². The van der Waals surface area contributed by atoms with Gasteiger partial charge in [0.05, 0.1) is 0 Å². The molecule has 0 fully saturated rings. The Morgan fingerprint density at radius 1 is 1.21 bits per heavy atom. The third-order valence-electron chi connectivity index (χ3n) is 2.28. The zero-order valence-corrected chi connectivity index (χ0v) is 10.0. The Kier molecular flexibility index (Phi) is 3.82. The molecule has 1 aliphatic rings. The lowest BCUT2D eigenvalue weighted by Crippen LogP contribution is -2.00. The summed E-state index contributed by atoms with van der Waals surface area (Å²) in [7, 11) is 0. The van der Waals surface area contributed by atoms with Gasteiger partial charge in [0.25, 0.3) is 0 Å². The number of rotatable bonds is 1. The molecule has 0 heterocycles. The zero-order valence-electron chi connectivity index (χ0n) is 9.12. The minimum atomic E-state index is 0.144. The average molecular weight is 206 g/mol. The molecular formula is C13H18S. The van der Waals surface area contributed by atoms with E-state index in [0.29, 0.717) is 0 Å². The zero-order chi connectivity index (χ0) is 10.6. The second-order valence-electron chi connectivity index (χ2n) is 4.14. The first-order chi connectivity index (χ1) is 6.59. The summed E-state index contributed by atoms with van der Waals surface area (Å²) >= 11 is 4.23. The van der Waals surface area contributed by atoms with Gasteiger partial charge < -0.3 is 0 Å². The lowest BCUT2D eigenvalue weighted by molar-refractivity contribution is 0.627. The van der Waals surface area contributed by atoms with Crippen molar-refractivity contribution in [3.63, 3.8) is 0 Å². The molecule has 0 unspecified atom stereocenters. The van der Waals surface area contributed by atoms with Crippen LogP contribution in [0, 0.1) is 5.41 Å². The van der Waals surface area contributed by atoms with Crippen molar-refractivity contribution in [1.29, 1.82) is 0 Å². The third kappa shape index (κ3) is 2.91. The largest absolute Gasteiger partial charge is 0.151 e. The van der Waals surface area contributed by atoms with E-state index >= 15 is 0 Å². The van der Waals surface area contributed by atoms with Crippen LogP contribution in [0.3, 0.4) is 0 Å². The van der Waals surface area contributed by atoms with Crippen LogP contribution in [-0.4, -0.2) is 0 Å². The predicted octanol–water partition coefficient (Wildman–Crippen LogP) is 4.29. The van der Waals surface area contributed by atoms with E-state index in [-0.39, 0.29) is 5.41 Å². The minimum Gasteiger partial charge on any atom is -0.151 e. The fraction of sp³-hybridized carbons (Fsp3) is 0.385. The van der Waals surface area contributed by atoms with Crippen LogP contribution < -0.4 is 0 Å². The summed E-state index contributed by atoms with van der Waals surface area (Å²) in [5.74, 6) is 0. The number of hydrogen-bond acceptors (Lipinski definition) is 1. The molecule has 1 aliphatic carbocycles. The summed E-state index contributed by atoms with van der Waals surface area (Å²) in [6.45, 7) is 6.55. The molecular weight excluding hydrogens is 188 g/mol. The van der Waals surface area contributed by atoms with Gasteiger partial charge in [-0.1, -0.05) is 51.2 Å². The Hall–Kier alpha value is -0.690. The molecule has 0 nitrogen and oxygen atoms in total. The molecule has 76 valence electrons. The van der Waals surface area contributed by atoms with Crippen molar-refractivity contribution < 1.29 is 0 Å². The second-order valence-corrected chi connectivity index (χ2v) is 4.40. The highest BCUT2D eigenvalue weighted by Crippen LogP contribution is 2.28. The molecule has 0 bridgehead atoms. The highest BCUT2D eigenvalue weighted by Gasteiger charge is 2.12. The van der Waals surface area contributed by atoms with Gasteiger partial charge in [0.1, 0.15) is 0 Å². The molecule has 0 spiro atoms. The first-order valence-electron chi connectivity index (χ1n) is 5.02. The lowest BCUT2D eigenvalue weighted by Gasteiger charge is -2.11. The van der Waals surface area contributed by atoms with Gasteiger partial charge in [0.2, 0.25) is 0 Å². The molecule has 0 N–H and O–H groups in total. The van der Waals surface area contributed by atoms with E-state index in [2.05, 4.69) is 63.8 Å². The summed E-state index contributed by atoms with van der Waals surface area (Å²) in [5.41, 5.74) is 2.60. The highest BCUT2D eigenvalue weighted by atomic mass is 32.1. The van der Waals surface area contributed by atoms with E-state index in [1.807, 2.05) is 5.41 Å². The number of allylic oxidation sites excluding steroid dienone is 7. The number of hydrogen-bond donors (Lipinski definition) is 1. The Balaban J connectivity index is 3.10. The molecule has 0 aromatic heterocycles. The van der Waals surface area contributed by atoms with Gasteiger partial charge in [-0.05, 0) is 23.0 Å². The highest BCUT2D eigenvalue weighted by molar-refractivity contribution is 7.83. The van der Waals surface area contributed by atoms with E-state index in [9.17, 15) is 0 Å². The van der Waals surface area contributed by atoms with Crippen molar-refractivity contribution in [3.8, 4) is 0 Å². The van der Waals surface area contributed by atoms with Crippen molar-refractivity contribution in [2.75, 3.05) is 0 Å². The molecule has 0 amide bonds. The van der Waals surface area contributed by atoms with Crippen LogP contribution in [0.25, 0.3) is 0 Å². The maximum atomic E-state index is 4.23. The van der Waals surface area contributed by atoms with Crippen molar-refractivity contribution in [2.24, 2.45) is 5.41 Å². The standard InChI is InChI=1S/C13H18S/c1-4-5-11-6-8-13(2,3)9-7-12(11)10-14/h5-10,14H,4H2,1-3H3/b11-5-,12-10-. The maximum Gasteiger partial charge on any atom is 0.00111 e. The van der Waals surface area contributed by atoms with E-state index in [1.165, 1.54) is 11.1 Å². The van der Waals surface area contributed by atoms with Crippen LogP contribution in [-0.2, 0) is 0 Å². The Bertz CT molecular complexity index is 314. The van der Waals surface area contributed by atoms with Gasteiger partial charge in [-0.25, -0.2) is 0 Å². The Morgan fingerprint density at radius 2 is 1.79 bits per heavy atom. The monoisotopic (exact) mass is 206 g/mol. The summed E-state index contributed by atoms with van der Waals surface area (Å²) in [6.07, 6.45) is 12.1. The first kappa shape index (κ1) is 11.4. The smallest absolute Gasteiger partial charge is 0.00111 e. The topological polar surface area (TPSA) is 0 Å². The fourth-order valence-corrected chi connectivity index (χ4v) is 1.62. The Labute approximate surface area is 92.5 Å². The molecule has 0 aromatic rings. The van der Waals surface area contributed by atoms with Gasteiger partial charge in [-0.15, -0.1) is 0 Å². The summed E-state index contributed by atoms with van der Waals surface area (Å²) < 4.78 is 0.